The molecule has 1 heterocycles. The Labute approximate surface area is 177 Å². The summed E-state index contributed by atoms with van der Waals surface area (Å²) in [5, 5.41) is 13.9. The number of anilines is 1. The lowest BCUT2D eigenvalue weighted by molar-refractivity contribution is 0.120. The molecule has 0 atom stereocenters. The number of nitrogens with one attached hydrogen (secondary N) is 2. The number of hydrogen-bond donors (Lipinski definition) is 3. The first-order valence-electron chi connectivity index (χ1n) is 10.0. The van der Waals surface area contributed by atoms with E-state index in [1.165, 1.54) is 11.3 Å². The van der Waals surface area contributed by atoms with E-state index < -0.39 is 10.0 Å². The van der Waals surface area contributed by atoms with Crippen molar-refractivity contribution in [3.8, 4) is 10.4 Å². The topological polar surface area (TPSA) is 91.3 Å². The highest BCUT2D eigenvalue weighted by atomic mass is 32.2. The molecule has 3 rings (SSSR count). The summed E-state index contributed by atoms with van der Waals surface area (Å²) in [6, 6.07) is 5.42. The van der Waals surface area contributed by atoms with Crippen molar-refractivity contribution in [1.82, 2.24) is 9.71 Å². The van der Waals surface area contributed by atoms with Crippen LogP contribution < -0.4 is 10.0 Å². The van der Waals surface area contributed by atoms with Crippen LogP contribution in [0.4, 0.5) is 5.13 Å². The van der Waals surface area contributed by atoms with Crippen molar-refractivity contribution in [2.45, 2.75) is 82.9 Å². The van der Waals surface area contributed by atoms with Gasteiger partial charge in [0.1, 0.15) is 0 Å². The molecule has 0 radical (unpaired) electrons. The van der Waals surface area contributed by atoms with Crippen LogP contribution in [-0.4, -0.2) is 36.2 Å². The van der Waals surface area contributed by atoms with E-state index in [2.05, 4.69) is 35.8 Å². The number of sulfonamides is 1. The molecular formula is C21H31N3O3S2. The van der Waals surface area contributed by atoms with Crippen LogP contribution in [0.25, 0.3) is 10.4 Å². The highest BCUT2D eigenvalue weighted by Crippen LogP contribution is 2.35. The summed E-state index contributed by atoms with van der Waals surface area (Å²) in [5.41, 5.74) is 2.35. The Morgan fingerprint density at radius 2 is 1.79 bits per heavy atom. The van der Waals surface area contributed by atoms with Gasteiger partial charge in [0, 0.05) is 11.6 Å². The van der Waals surface area contributed by atoms with E-state index in [0.29, 0.717) is 36.1 Å². The second-order valence-electron chi connectivity index (χ2n) is 8.92. The number of hydrogen-bond acceptors (Lipinski definition) is 6. The molecule has 1 fully saturated rings. The maximum Gasteiger partial charge on any atom is 0.241 e. The van der Waals surface area contributed by atoms with E-state index >= 15 is 0 Å². The summed E-state index contributed by atoms with van der Waals surface area (Å²) in [7, 11) is -3.64. The van der Waals surface area contributed by atoms with Gasteiger partial charge in [-0.05, 0) is 77.5 Å². The molecule has 0 unspecified atom stereocenters. The summed E-state index contributed by atoms with van der Waals surface area (Å²) in [5.74, 6) is 0. The Kier molecular flexibility index (Phi) is 6.38. The summed E-state index contributed by atoms with van der Waals surface area (Å²) in [6.45, 7) is 10.00. The van der Waals surface area contributed by atoms with Crippen LogP contribution in [-0.2, 0) is 10.0 Å². The van der Waals surface area contributed by atoms with Crippen LogP contribution in [0, 0.1) is 13.8 Å². The SMILES string of the molecule is Cc1ccc(-c2sc(NC(C)(C)C)nc2C)cc1S(=O)(=O)NC1CCC(O)CC1. The maximum absolute atomic E-state index is 13.1. The van der Waals surface area contributed by atoms with Gasteiger partial charge in [-0.1, -0.05) is 23.5 Å². The minimum absolute atomic E-state index is 0.0964. The molecule has 2 aromatic rings. The van der Waals surface area contributed by atoms with Gasteiger partial charge in [-0.2, -0.15) is 0 Å². The van der Waals surface area contributed by atoms with E-state index in [9.17, 15) is 13.5 Å². The minimum atomic E-state index is -3.64. The summed E-state index contributed by atoms with van der Waals surface area (Å²) >= 11 is 1.54. The van der Waals surface area contributed by atoms with Crippen LogP contribution >= 0.6 is 11.3 Å². The van der Waals surface area contributed by atoms with Gasteiger partial charge in [-0.15, -0.1) is 0 Å². The lowest BCUT2D eigenvalue weighted by Gasteiger charge is -2.26. The molecular weight excluding hydrogens is 406 g/mol. The smallest absolute Gasteiger partial charge is 0.241 e. The highest BCUT2D eigenvalue weighted by Gasteiger charge is 2.26. The Morgan fingerprint density at radius 1 is 1.14 bits per heavy atom. The molecule has 8 heteroatoms. The van der Waals surface area contributed by atoms with Gasteiger partial charge >= 0.3 is 0 Å². The number of aliphatic hydroxyl groups is 1. The Bertz CT molecular complexity index is 970. The predicted octanol–water partition coefficient (Wildman–Crippen LogP) is 4.22. The zero-order valence-corrected chi connectivity index (χ0v) is 19.4. The van der Waals surface area contributed by atoms with Crippen LogP contribution in [0.3, 0.4) is 0 Å². The Hall–Kier alpha value is -1.48. The number of aliphatic hydroxyl groups excluding tert-OH is 1. The number of aromatic nitrogens is 1. The van der Waals surface area contributed by atoms with Crippen molar-refractivity contribution >= 4 is 26.5 Å². The van der Waals surface area contributed by atoms with Gasteiger partial charge in [0.05, 0.1) is 21.6 Å². The van der Waals surface area contributed by atoms with E-state index in [1.807, 2.05) is 26.0 Å². The zero-order chi connectivity index (χ0) is 21.4. The Balaban J connectivity index is 1.88. The first-order chi connectivity index (χ1) is 13.4. The molecule has 1 aliphatic rings. The highest BCUT2D eigenvalue weighted by molar-refractivity contribution is 7.89. The van der Waals surface area contributed by atoms with Gasteiger partial charge in [-0.25, -0.2) is 18.1 Å². The van der Waals surface area contributed by atoms with Gasteiger partial charge < -0.3 is 10.4 Å². The van der Waals surface area contributed by atoms with Gasteiger partial charge in [-0.3, -0.25) is 0 Å². The molecule has 3 N–H and O–H groups in total. The number of aryl methyl sites for hydroxylation is 2. The quantitative estimate of drug-likeness (QED) is 0.651. The van der Waals surface area contributed by atoms with Crippen molar-refractivity contribution in [3.05, 3.63) is 29.5 Å². The first-order valence-corrected chi connectivity index (χ1v) is 12.3. The van der Waals surface area contributed by atoms with Crippen LogP contribution in [0.2, 0.25) is 0 Å². The molecule has 0 amide bonds. The third kappa shape index (κ3) is 5.57. The fraction of sp³-hybridized carbons (Fsp3) is 0.571. The third-order valence-electron chi connectivity index (χ3n) is 5.04. The molecule has 1 aromatic carbocycles. The second-order valence-corrected chi connectivity index (χ2v) is 11.6. The third-order valence-corrected chi connectivity index (χ3v) is 7.82. The standard InChI is InChI=1S/C21H31N3O3S2/c1-13-6-7-15(19-14(2)22-20(28-19)23-21(3,4)5)12-18(13)29(26,27)24-16-8-10-17(25)11-9-16/h6-7,12,16-17,24-25H,8-11H2,1-5H3,(H,22,23). The second kappa shape index (κ2) is 8.34. The fourth-order valence-corrected chi connectivity index (χ4v) is 6.29. The van der Waals surface area contributed by atoms with E-state index in [-0.39, 0.29) is 17.7 Å². The predicted molar refractivity (Wildman–Crippen MR) is 119 cm³/mol. The van der Waals surface area contributed by atoms with Crippen LogP contribution in [0.5, 0.6) is 0 Å². The average molecular weight is 438 g/mol. The van der Waals surface area contributed by atoms with Crippen LogP contribution in [0.1, 0.15) is 57.7 Å². The Morgan fingerprint density at radius 3 is 2.41 bits per heavy atom. The summed E-state index contributed by atoms with van der Waals surface area (Å²) in [6.07, 6.45) is 2.28. The number of thiazole rings is 1. The van der Waals surface area contributed by atoms with E-state index in [1.54, 1.807) is 6.07 Å². The lowest BCUT2D eigenvalue weighted by atomic mass is 9.94. The molecule has 160 valence electrons. The molecule has 29 heavy (non-hydrogen) atoms. The molecule has 1 saturated carbocycles. The molecule has 0 spiro atoms. The first kappa shape index (κ1) is 22.2. The van der Waals surface area contributed by atoms with Gasteiger partial charge in [0.25, 0.3) is 0 Å². The average Bonchev–Trinajstić information content (AvgIpc) is 2.95. The lowest BCUT2D eigenvalue weighted by Crippen LogP contribution is -2.38. The number of nitrogens with zero attached hydrogens (tertiary/aromatic N) is 1. The van der Waals surface area contributed by atoms with Crippen LogP contribution in [0.15, 0.2) is 23.1 Å². The largest absolute Gasteiger partial charge is 0.393 e. The molecule has 6 nitrogen and oxygen atoms in total. The van der Waals surface area contributed by atoms with Crippen molar-refractivity contribution in [1.29, 1.82) is 0 Å². The fourth-order valence-electron chi connectivity index (χ4n) is 3.55. The molecule has 0 saturated heterocycles. The monoisotopic (exact) mass is 437 g/mol. The maximum atomic E-state index is 13.1. The molecule has 0 aliphatic heterocycles. The summed E-state index contributed by atoms with van der Waals surface area (Å²) in [4.78, 5) is 5.88. The van der Waals surface area contributed by atoms with Crippen molar-refractivity contribution < 1.29 is 13.5 Å². The molecule has 0 bridgehead atoms. The van der Waals surface area contributed by atoms with Crippen molar-refractivity contribution in [2.75, 3.05) is 5.32 Å². The molecule has 1 aromatic heterocycles. The van der Waals surface area contributed by atoms with Crippen molar-refractivity contribution in [2.24, 2.45) is 0 Å². The summed E-state index contributed by atoms with van der Waals surface area (Å²) < 4.78 is 29.0. The van der Waals surface area contributed by atoms with E-state index in [4.69, 9.17) is 0 Å². The zero-order valence-electron chi connectivity index (χ0n) is 17.7. The normalized spacial score (nSPS) is 20.6. The van der Waals surface area contributed by atoms with Gasteiger partial charge in [0.2, 0.25) is 10.0 Å². The van der Waals surface area contributed by atoms with Gasteiger partial charge in [0.15, 0.2) is 5.13 Å². The van der Waals surface area contributed by atoms with E-state index in [0.717, 1.165) is 21.3 Å². The number of benzene rings is 1. The van der Waals surface area contributed by atoms with Crippen molar-refractivity contribution in [3.63, 3.8) is 0 Å². The minimum Gasteiger partial charge on any atom is -0.393 e. The molecule has 1 aliphatic carbocycles. The number of rotatable bonds is 5.